The Balaban J connectivity index is 1.43. The summed E-state index contributed by atoms with van der Waals surface area (Å²) in [6.45, 7) is 2.94. The number of nitrogens with zero attached hydrogens (tertiary/aromatic N) is 3. The lowest BCUT2D eigenvalue weighted by molar-refractivity contribution is -0.135. The number of piperidine rings is 1. The molecule has 1 aromatic carbocycles. The molecule has 4 N–H and O–H groups in total. The SMILES string of the molecule is COCCCn1c([C@@H]2CCCN(C(=O)C[C@@H](N)CC3(C(N)=O)CCCCC3)C2)nc2ccccc21. The molecule has 2 aliphatic rings. The molecule has 192 valence electrons. The molecule has 1 saturated carbocycles. The second-order valence-electron chi connectivity index (χ2n) is 10.5. The first-order valence-corrected chi connectivity index (χ1v) is 13.2. The molecule has 8 nitrogen and oxygen atoms in total. The molecule has 1 aromatic heterocycles. The highest BCUT2D eigenvalue weighted by Gasteiger charge is 2.40. The third kappa shape index (κ3) is 5.86. The molecule has 4 rings (SSSR count). The molecule has 2 fully saturated rings. The number of hydrogen-bond donors (Lipinski definition) is 2. The van der Waals surface area contributed by atoms with E-state index >= 15 is 0 Å². The average Bonchev–Trinajstić information content (AvgIpc) is 3.23. The van der Waals surface area contributed by atoms with Crippen LogP contribution >= 0.6 is 0 Å². The van der Waals surface area contributed by atoms with Crippen molar-refractivity contribution in [3.63, 3.8) is 0 Å². The van der Waals surface area contributed by atoms with Crippen LogP contribution in [0.2, 0.25) is 0 Å². The second kappa shape index (κ2) is 11.5. The van der Waals surface area contributed by atoms with Crippen molar-refractivity contribution in [3.8, 4) is 0 Å². The predicted molar refractivity (Wildman–Crippen MR) is 137 cm³/mol. The van der Waals surface area contributed by atoms with Crippen LogP contribution in [0.1, 0.15) is 76.0 Å². The van der Waals surface area contributed by atoms with Gasteiger partial charge < -0.3 is 25.7 Å². The van der Waals surface area contributed by atoms with Crippen LogP contribution in [0.15, 0.2) is 24.3 Å². The lowest BCUT2D eigenvalue weighted by Crippen LogP contribution is -2.46. The summed E-state index contributed by atoms with van der Waals surface area (Å²) in [6.07, 6.45) is 8.33. The van der Waals surface area contributed by atoms with E-state index in [1.54, 1.807) is 7.11 Å². The highest BCUT2D eigenvalue weighted by molar-refractivity contribution is 5.81. The number of carbonyl (C=O) groups is 2. The van der Waals surface area contributed by atoms with Crippen molar-refractivity contribution in [1.29, 1.82) is 0 Å². The van der Waals surface area contributed by atoms with Gasteiger partial charge in [-0.1, -0.05) is 31.4 Å². The zero-order valence-electron chi connectivity index (χ0n) is 21.1. The summed E-state index contributed by atoms with van der Waals surface area (Å²) < 4.78 is 7.58. The van der Waals surface area contributed by atoms with Crippen LogP contribution in [0.25, 0.3) is 11.0 Å². The van der Waals surface area contributed by atoms with E-state index in [0.717, 1.165) is 81.3 Å². The summed E-state index contributed by atoms with van der Waals surface area (Å²) in [7, 11) is 1.72. The number of carbonyl (C=O) groups excluding carboxylic acids is 2. The highest BCUT2D eigenvalue weighted by Crippen LogP contribution is 2.40. The molecule has 0 radical (unpaired) electrons. The molecule has 8 heteroatoms. The maximum Gasteiger partial charge on any atom is 0.224 e. The van der Waals surface area contributed by atoms with Crippen molar-refractivity contribution in [2.45, 2.75) is 82.7 Å². The number of amides is 2. The molecule has 1 saturated heterocycles. The van der Waals surface area contributed by atoms with Crippen LogP contribution in [0, 0.1) is 5.41 Å². The number of benzene rings is 1. The number of fused-ring (bicyclic) bond motifs is 1. The fourth-order valence-electron chi connectivity index (χ4n) is 6.13. The molecular formula is C27H41N5O3. The quantitative estimate of drug-likeness (QED) is 0.503. The fourth-order valence-corrected chi connectivity index (χ4v) is 6.13. The number of nitrogens with two attached hydrogens (primary N) is 2. The van der Waals surface area contributed by atoms with Crippen molar-refractivity contribution >= 4 is 22.8 Å². The Bertz CT molecular complexity index is 1010. The molecular weight excluding hydrogens is 442 g/mol. The molecule has 0 spiro atoms. The minimum Gasteiger partial charge on any atom is -0.385 e. The molecule has 2 amide bonds. The Hall–Kier alpha value is -2.45. The van der Waals surface area contributed by atoms with Gasteiger partial charge in [-0.05, 0) is 50.7 Å². The van der Waals surface area contributed by atoms with Crippen LogP contribution in [-0.4, -0.2) is 59.1 Å². The van der Waals surface area contributed by atoms with E-state index < -0.39 is 5.41 Å². The summed E-state index contributed by atoms with van der Waals surface area (Å²) in [6, 6.07) is 7.87. The largest absolute Gasteiger partial charge is 0.385 e. The molecule has 1 aliphatic heterocycles. The first kappa shape index (κ1) is 25.6. The van der Waals surface area contributed by atoms with Gasteiger partial charge in [-0.15, -0.1) is 0 Å². The third-order valence-corrected chi connectivity index (χ3v) is 7.98. The number of aromatic nitrogens is 2. The Morgan fingerprint density at radius 3 is 2.71 bits per heavy atom. The number of ether oxygens (including phenoxy) is 1. The number of imidazole rings is 1. The van der Waals surface area contributed by atoms with Gasteiger partial charge in [-0.2, -0.15) is 0 Å². The van der Waals surface area contributed by atoms with Crippen molar-refractivity contribution in [3.05, 3.63) is 30.1 Å². The monoisotopic (exact) mass is 483 g/mol. The van der Waals surface area contributed by atoms with Crippen molar-refractivity contribution < 1.29 is 14.3 Å². The zero-order chi connectivity index (χ0) is 24.8. The smallest absolute Gasteiger partial charge is 0.224 e. The molecule has 0 bridgehead atoms. The van der Waals surface area contributed by atoms with E-state index in [-0.39, 0.29) is 30.2 Å². The Labute approximate surface area is 208 Å². The first-order valence-electron chi connectivity index (χ1n) is 13.2. The van der Waals surface area contributed by atoms with Gasteiger partial charge >= 0.3 is 0 Å². The van der Waals surface area contributed by atoms with Gasteiger partial charge in [-0.3, -0.25) is 9.59 Å². The van der Waals surface area contributed by atoms with E-state index in [2.05, 4.69) is 16.7 Å². The van der Waals surface area contributed by atoms with Crippen LogP contribution in [0.3, 0.4) is 0 Å². The van der Waals surface area contributed by atoms with Gasteiger partial charge in [0.05, 0.1) is 16.4 Å². The van der Waals surface area contributed by atoms with Gasteiger partial charge in [0.2, 0.25) is 11.8 Å². The number of primary amides is 1. The summed E-state index contributed by atoms with van der Waals surface area (Å²) in [5, 5.41) is 0. The average molecular weight is 484 g/mol. The van der Waals surface area contributed by atoms with Crippen molar-refractivity contribution in [2.75, 3.05) is 26.8 Å². The normalized spacial score (nSPS) is 21.2. The fraction of sp³-hybridized carbons (Fsp3) is 0.667. The van der Waals surface area contributed by atoms with Gasteiger partial charge in [0.1, 0.15) is 5.82 Å². The Kier molecular flexibility index (Phi) is 8.44. The number of aryl methyl sites for hydroxylation is 1. The summed E-state index contributed by atoms with van der Waals surface area (Å²) in [5.41, 5.74) is 13.8. The van der Waals surface area contributed by atoms with Crippen LogP contribution in [0.4, 0.5) is 0 Å². The Morgan fingerprint density at radius 1 is 1.20 bits per heavy atom. The minimum absolute atomic E-state index is 0.0691. The number of hydrogen-bond acceptors (Lipinski definition) is 5. The number of methoxy groups -OCH3 is 1. The third-order valence-electron chi connectivity index (χ3n) is 7.98. The highest BCUT2D eigenvalue weighted by atomic mass is 16.5. The van der Waals surface area contributed by atoms with Crippen LogP contribution < -0.4 is 11.5 Å². The lowest BCUT2D eigenvalue weighted by atomic mass is 9.69. The molecule has 35 heavy (non-hydrogen) atoms. The molecule has 2 atom stereocenters. The second-order valence-corrected chi connectivity index (χ2v) is 10.5. The summed E-state index contributed by atoms with van der Waals surface area (Å²) >= 11 is 0. The number of likely N-dealkylation sites (tertiary alicyclic amines) is 1. The van der Waals surface area contributed by atoms with E-state index in [4.69, 9.17) is 21.2 Å². The maximum atomic E-state index is 13.3. The number of para-hydroxylation sites is 2. The van der Waals surface area contributed by atoms with Crippen molar-refractivity contribution in [1.82, 2.24) is 14.5 Å². The van der Waals surface area contributed by atoms with Crippen LogP contribution in [0.5, 0.6) is 0 Å². The van der Waals surface area contributed by atoms with E-state index in [0.29, 0.717) is 19.6 Å². The molecule has 1 aliphatic carbocycles. The summed E-state index contributed by atoms with van der Waals surface area (Å²) in [4.78, 5) is 32.4. The molecule has 2 aromatic rings. The number of rotatable bonds is 10. The standard InChI is InChI=1S/C27H41N5O3/c1-35-16-8-15-32-23-11-4-3-10-22(23)30-25(32)20-9-7-14-31(19-20)24(33)17-21(28)18-27(26(29)34)12-5-2-6-13-27/h3-4,10-11,20-21H,2,5-9,12-19,28H2,1H3,(H2,29,34)/t20-,21-/m1/s1. The van der Waals surface area contributed by atoms with Gasteiger partial charge in [0, 0.05) is 51.7 Å². The Morgan fingerprint density at radius 2 is 1.97 bits per heavy atom. The molecule has 0 unspecified atom stereocenters. The maximum absolute atomic E-state index is 13.3. The first-order chi connectivity index (χ1) is 16.9. The molecule has 2 heterocycles. The van der Waals surface area contributed by atoms with Crippen molar-refractivity contribution in [2.24, 2.45) is 16.9 Å². The zero-order valence-corrected chi connectivity index (χ0v) is 21.1. The van der Waals surface area contributed by atoms with Gasteiger partial charge in [0.25, 0.3) is 0 Å². The van der Waals surface area contributed by atoms with E-state index in [1.807, 2.05) is 17.0 Å². The summed E-state index contributed by atoms with van der Waals surface area (Å²) in [5.74, 6) is 1.05. The van der Waals surface area contributed by atoms with Gasteiger partial charge in [-0.25, -0.2) is 4.98 Å². The lowest BCUT2D eigenvalue weighted by Gasteiger charge is -2.37. The topological polar surface area (TPSA) is 116 Å². The minimum atomic E-state index is -0.546. The van der Waals surface area contributed by atoms with E-state index in [9.17, 15) is 9.59 Å². The predicted octanol–water partition coefficient (Wildman–Crippen LogP) is 3.32. The van der Waals surface area contributed by atoms with E-state index in [1.165, 1.54) is 0 Å². The van der Waals surface area contributed by atoms with Crippen LogP contribution in [-0.2, 0) is 20.9 Å². The van der Waals surface area contributed by atoms with Gasteiger partial charge in [0.15, 0.2) is 0 Å².